The highest BCUT2D eigenvalue weighted by Gasteiger charge is 2.45. The SMILES string of the molecule is COc1ccc(C(OC[C@H]2O[C@@H](n3cc(C)c(=O)n(C)c3=O)CC2OP(OCCC#N)N(C(C)C)C(C)C)(c2ccccc2)c2ccc(OC)cc2)cc1. The fourth-order valence-electron chi connectivity index (χ4n) is 6.87. The topological polar surface area (TPSA) is 126 Å². The van der Waals surface area contributed by atoms with Crippen molar-refractivity contribution in [3.05, 3.63) is 128 Å². The van der Waals surface area contributed by atoms with Crippen LogP contribution in [0.3, 0.4) is 0 Å². The highest BCUT2D eigenvalue weighted by atomic mass is 31.2. The Kier molecular flexibility index (Phi) is 13.9. The second kappa shape index (κ2) is 18.3. The van der Waals surface area contributed by atoms with Crippen molar-refractivity contribution in [2.45, 2.75) is 83.6 Å². The van der Waals surface area contributed by atoms with Crippen molar-refractivity contribution >= 4 is 8.53 Å². The molecule has 54 heavy (non-hydrogen) atoms. The molecule has 3 aromatic carbocycles. The van der Waals surface area contributed by atoms with Gasteiger partial charge in [-0.05, 0) is 75.6 Å². The van der Waals surface area contributed by atoms with E-state index in [2.05, 4.69) is 38.4 Å². The van der Waals surface area contributed by atoms with Crippen LogP contribution in [0, 0.1) is 18.3 Å². The predicted molar refractivity (Wildman–Crippen MR) is 208 cm³/mol. The van der Waals surface area contributed by atoms with E-state index in [0.29, 0.717) is 17.1 Å². The van der Waals surface area contributed by atoms with Gasteiger partial charge in [0.2, 0.25) is 0 Å². The fraction of sp³-hybridized carbons (Fsp3) is 0.439. The standard InChI is InChI=1S/C41H51N4O8P/c1-28(2)45(29(3)4)54(51-24-12-23-42)53-36-25-38(44-26-30(5)39(46)43(6)40(44)47)52-37(36)27-50-41(31-13-10-9-11-14-31,32-15-19-34(48-7)20-16-32)33-17-21-35(49-8)22-18-33/h9-11,13-22,26,28-29,36-38H,12,24-25,27H2,1-8H3/t36?,37-,38-,54?/m1/s1. The second-order valence-corrected chi connectivity index (χ2v) is 15.1. The summed E-state index contributed by atoms with van der Waals surface area (Å²) < 4.78 is 42.9. The van der Waals surface area contributed by atoms with Gasteiger partial charge < -0.3 is 28.0 Å². The largest absolute Gasteiger partial charge is 0.497 e. The normalized spacial score (nSPS) is 17.9. The Morgan fingerprint density at radius 1 is 0.907 bits per heavy atom. The molecule has 1 aliphatic heterocycles. The third-order valence-corrected chi connectivity index (χ3v) is 11.7. The van der Waals surface area contributed by atoms with E-state index in [1.165, 1.54) is 11.6 Å². The van der Waals surface area contributed by atoms with Crippen LogP contribution >= 0.6 is 8.53 Å². The smallest absolute Gasteiger partial charge is 0.332 e. The lowest BCUT2D eigenvalue weighted by atomic mass is 9.80. The van der Waals surface area contributed by atoms with E-state index in [9.17, 15) is 14.9 Å². The predicted octanol–water partition coefficient (Wildman–Crippen LogP) is 6.83. The Hall–Kier alpha value is -4.34. The van der Waals surface area contributed by atoms with E-state index in [4.69, 9.17) is 28.0 Å². The number of hydrogen-bond acceptors (Lipinski definition) is 10. The molecule has 0 N–H and O–H groups in total. The Morgan fingerprint density at radius 2 is 1.46 bits per heavy atom. The first kappa shape index (κ1) is 40.8. The number of aryl methyl sites for hydroxylation is 1. The van der Waals surface area contributed by atoms with Crippen molar-refractivity contribution in [3.8, 4) is 17.6 Å². The van der Waals surface area contributed by atoms with Gasteiger partial charge in [-0.25, -0.2) is 9.46 Å². The van der Waals surface area contributed by atoms with Crippen molar-refractivity contribution in [1.82, 2.24) is 13.8 Å². The summed E-state index contributed by atoms with van der Waals surface area (Å²) in [5.41, 5.74) is 0.996. The van der Waals surface area contributed by atoms with Gasteiger partial charge in [0.1, 0.15) is 29.4 Å². The summed E-state index contributed by atoms with van der Waals surface area (Å²) >= 11 is 0. The minimum absolute atomic E-state index is 0.0400. The molecule has 1 aromatic heterocycles. The molecule has 1 aliphatic rings. The van der Waals surface area contributed by atoms with Gasteiger partial charge >= 0.3 is 5.69 Å². The van der Waals surface area contributed by atoms with E-state index in [1.807, 2.05) is 78.9 Å². The number of ether oxygens (including phenoxy) is 4. The van der Waals surface area contributed by atoms with Gasteiger partial charge in [0.15, 0.2) is 0 Å². The first-order valence-corrected chi connectivity index (χ1v) is 19.3. The molecule has 12 nitrogen and oxygen atoms in total. The van der Waals surface area contributed by atoms with Gasteiger partial charge in [-0.3, -0.25) is 13.9 Å². The summed E-state index contributed by atoms with van der Waals surface area (Å²) in [5.74, 6) is 1.40. The summed E-state index contributed by atoms with van der Waals surface area (Å²) in [6.07, 6.45) is -0.0351. The number of methoxy groups -OCH3 is 2. The lowest BCUT2D eigenvalue weighted by Gasteiger charge is -2.39. The van der Waals surface area contributed by atoms with Crippen molar-refractivity contribution in [3.63, 3.8) is 0 Å². The third-order valence-electron chi connectivity index (χ3n) is 9.50. The first-order valence-electron chi connectivity index (χ1n) is 18.1. The number of nitrogens with zero attached hydrogens (tertiary/aromatic N) is 4. The molecule has 2 unspecified atom stereocenters. The van der Waals surface area contributed by atoms with Crippen LogP contribution < -0.4 is 20.7 Å². The molecule has 0 aliphatic carbocycles. The van der Waals surface area contributed by atoms with Gasteiger partial charge in [0.25, 0.3) is 14.1 Å². The summed E-state index contributed by atoms with van der Waals surface area (Å²) in [4.78, 5) is 26.2. The molecule has 2 heterocycles. The molecule has 4 aromatic rings. The van der Waals surface area contributed by atoms with Crippen molar-refractivity contribution < 1.29 is 28.0 Å². The lowest BCUT2D eigenvalue weighted by molar-refractivity contribution is -0.0927. The van der Waals surface area contributed by atoms with Crippen LogP contribution in [0.4, 0.5) is 0 Å². The molecule has 0 radical (unpaired) electrons. The van der Waals surface area contributed by atoms with Crippen LogP contribution in [-0.2, 0) is 31.2 Å². The zero-order valence-electron chi connectivity index (χ0n) is 32.3. The molecule has 288 valence electrons. The van der Waals surface area contributed by atoms with Gasteiger partial charge in [0.05, 0.1) is 46.0 Å². The summed E-state index contributed by atoms with van der Waals surface area (Å²) in [6, 6.07) is 27.8. The molecule has 4 atom stereocenters. The third kappa shape index (κ3) is 8.79. The molecule has 0 amide bonds. The molecule has 0 bridgehead atoms. The molecular formula is C41H51N4O8P. The van der Waals surface area contributed by atoms with Crippen molar-refractivity contribution in [1.29, 1.82) is 5.26 Å². The highest BCUT2D eigenvalue weighted by Crippen LogP contribution is 2.50. The second-order valence-electron chi connectivity index (χ2n) is 13.7. The van der Waals surface area contributed by atoms with Gasteiger partial charge in [0, 0.05) is 37.3 Å². The molecule has 0 spiro atoms. The fourth-order valence-corrected chi connectivity index (χ4v) is 8.63. The zero-order valence-corrected chi connectivity index (χ0v) is 33.2. The van der Waals surface area contributed by atoms with E-state index < -0.39 is 38.3 Å². The average molecular weight is 759 g/mol. The van der Waals surface area contributed by atoms with Gasteiger partial charge in [-0.15, -0.1) is 0 Å². The molecule has 1 saturated heterocycles. The summed E-state index contributed by atoms with van der Waals surface area (Å²) in [5, 5.41) is 9.32. The van der Waals surface area contributed by atoms with Crippen molar-refractivity contribution in [2.24, 2.45) is 7.05 Å². The molecule has 0 saturated carbocycles. The Morgan fingerprint density at radius 3 is 1.98 bits per heavy atom. The number of aromatic nitrogens is 2. The van der Waals surface area contributed by atoms with Crippen LogP contribution in [0.25, 0.3) is 0 Å². The van der Waals surface area contributed by atoms with Crippen LogP contribution in [0.1, 0.15) is 69.0 Å². The van der Waals surface area contributed by atoms with Gasteiger partial charge in [-0.1, -0.05) is 54.6 Å². The maximum atomic E-state index is 13.5. The van der Waals surface area contributed by atoms with E-state index >= 15 is 0 Å². The number of rotatable bonds is 17. The zero-order chi connectivity index (χ0) is 39.0. The quantitative estimate of drug-likeness (QED) is 0.0643. The van der Waals surface area contributed by atoms with Crippen LogP contribution in [0.15, 0.2) is 94.6 Å². The maximum Gasteiger partial charge on any atom is 0.332 e. The van der Waals surface area contributed by atoms with E-state index in [-0.39, 0.29) is 43.7 Å². The monoisotopic (exact) mass is 758 g/mol. The van der Waals surface area contributed by atoms with Crippen LogP contribution in [0.5, 0.6) is 11.5 Å². The average Bonchev–Trinajstić information content (AvgIpc) is 3.58. The highest BCUT2D eigenvalue weighted by molar-refractivity contribution is 7.44. The maximum absolute atomic E-state index is 13.5. The van der Waals surface area contributed by atoms with Gasteiger partial charge in [-0.2, -0.15) is 5.26 Å². The number of hydrogen-bond donors (Lipinski definition) is 0. The molecular weight excluding hydrogens is 707 g/mol. The first-order chi connectivity index (χ1) is 25.9. The van der Waals surface area contributed by atoms with E-state index in [0.717, 1.165) is 21.3 Å². The summed E-state index contributed by atoms with van der Waals surface area (Å²) in [6.45, 7) is 10.2. The number of nitriles is 1. The Labute approximate surface area is 318 Å². The van der Waals surface area contributed by atoms with Crippen LogP contribution in [0.2, 0.25) is 0 Å². The van der Waals surface area contributed by atoms with Crippen molar-refractivity contribution in [2.75, 3.05) is 27.4 Å². The minimum atomic E-state index is -1.67. The Bertz CT molecular complexity index is 1920. The minimum Gasteiger partial charge on any atom is -0.497 e. The molecule has 1 fully saturated rings. The van der Waals surface area contributed by atoms with Crippen LogP contribution in [-0.4, -0.2) is 65.5 Å². The lowest BCUT2D eigenvalue weighted by Crippen LogP contribution is -2.40. The Balaban J connectivity index is 1.62. The molecule has 13 heteroatoms. The number of benzene rings is 3. The van der Waals surface area contributed by atoms with E-state index in [1.54, 1.807) is 27.3 Å². The summed E-state index contributed by atoms with van der Waals surface area (Å²) in [7, 11) is 3.05. The molecule has 5 rings (SSSR count).